The molecule has 1 atom stereocenters. The van der Waals surface area contributed by atoms with Crippen LogP contribution in [0.3, 0.4) is 0 Å². The van der Waals surface area contributed by atoms with Crippen molar-refractivity contribution in [1.82, 2.24) is 15.1 Å². The molecule has 25 heavy (non-hydrogen) atoms. The van der Waals surface area contributed by atoms with Gasteiger partial charge >= 0.3 is 0 Å². The second-order valence-electron chi connectivity index (χ2n) is 6.33. The van der Waals surface area contributed by atoms with E-state index in [2.05, 4.69) is 34.3 Å². The zero-order valence-corrected chi connectivity index (χ0v) is 15.5. The Morgan fingerprint density at radius 3 is 3.08 bits per heavy atom. The summed E-state index contributed by atoms with van der Waals surface area (Å²) in [6.45, 7) is 5.80. The summed E-state index contributed by atoms with van der Waals surface area (Å²) >= 11 is 1.46. The third-order valence-corrected chi connectivity index (χ3v) is 5.15. The van der Waals surface area contributed by atoms with Crippen LogP contribution >= 0.6 is 11.3 Å². The second-order valence-corrected chi connectivity index (χ2v) is 7.39. The van der Waals surface area contributed by atoms with E-state index in [1.165, 1.54) is 11.3 Å². The number of rotatable bonds is 6. The van der Waals surface area contributed by atoms with Crippen LogP contribution in [0.25, 0.3) is 0 Å². The van der Waals surface area contributed by atoms with Gasteiger partial charge in [-0.05, 0) is 19.4 Å². The fourth-order valence-corrected chi connectivity index (χ4v) is 3.55. The minimum absolute atomic E-state index is 0.0653. The maximum Gasteiger partial charge on any atom is 0.240 e. The maximum atomic E-state index is 12.4. The van der Waals surface area contributed by atoms with Gasteiger partial charge in [0.15, 0.2) is 0 Å². The van der Waals surface area contributed by atoms with Gasteiger partial charge in [0.05, 0.1) is 6.54 Å². The lowest BCUT2D eigenvalue weighted by Crippen LogP contribution is -2.40. The zero-order chi connectivity index (χ0) is 17.6. The normalized spacial score (nSPS) is 17.4. The molecule has 0 saturated carbocycles. The summed E-state index contributed by atoms with van der Waals surface area (Å²) in [5.41, 5.74) is 1.11. The zero-order valence-electron chi connectivity index (χ0n) is 14.7. The molecule has 6 nitrogen and oxygen atoms in total. The molecule has 0 bridgehead atoms. The number of ether oxygens (including phenoxy) is 1. The fourth-order valence-electron chi connectivity index (χ4n) is 2.75. The summed E-state index contributed by atoms with van der Waals surface area (Å²) in [4.78, 5) is 14.5. The number of nitrogens with zero attached hydrogens (tertiary/aromatic N) is 3. The third-order valence-electron chi connectivity index (χ3n) is 4.25. The van der Waals surface area contributed by atoms with E-state index in [9.17, 15) is 4.79 Å². The van der Waals surface area contributed by atoms with Crippen molar-refractivity contribution in [2.75, 3.05) is 18.5 Å². The molecule has 0 radical (unpaired) electrons. The third kappa shape index (κ3) is 4.76. The number of carbonyl (C=O) groups excluding carboxylic acids is 1. The van der Waals surface area contributed by atoms with E-state index >= 15 is 0 Å². The highest BCUT2D eigenvalue weighted by Crippen LogP contribution is 2.24. The number of amides is 1. The highest BCUT2D eigenvalue weighted by atomic mass is 32.1. The summed E-state index contributed by atoms with van der Waals surface area (Å²) in [5, 5.41) is 12.6. The van der Waals surface area contributed by atoms with Crippen LogP contribution < -0.4 is 10.1 Å². The molecule has 1 aliphatic heterocycles. The molecular formula is C18H24N4O2S. The van der Waals surface area contributed by atoms with E-state index in [0.29, 0.717) is 24.8 Å². The summed E-state index contributed by atoms with van der Waals surface area (Å²) in [5.74, 6) is 0.839. The van der Waals surface area contributed by atoms with Crippen molar-refractivity contribution in [2.45, 2.75) is 45.7 Å². The first-order valence-electron chi connectivity index (χ1n) is 8.72. The molecule has 0 aliphatic carbocycles. The lowest BCUT2D eigenvalue weighted by Gasteiger charge is -2.24. The molecule has 7 heteroatoms. The van der Waals surface area contributed by atoms with E-state index in [-0.39, 0.29) is 11.9 Å². The maximum absolute atomic E-state index is 12.4. The fraction of sp³-hybridized carbons (Fsp3) is 0.500. The van der Waals surface area contributed by atoms with Crippen LogP contribution in [0.2, 0.25) is 0 Å². The van der Waals surface area contributed by atoms with Gasteiger partial charge in [0.1, 0.15) is 17.4 Å². The Labute approximate surface area is 152 Å². The van der Waals surface area contributed by atoms with E-state index in [0.717, 1.165) is 35.6 Å². The van der Waals surface area contributed by atoms with Gasteiger partial charge in [-0.25, -0.2) is 0 Å². The Kier molecular flexibility index (Phi) is 5.99. The molecule has 0 saturated heterocycles. The Morgan fingerprint density at radius 2 is 2.24 bits per heavy atom. The van der Waals surface area contributed by atoms with Crippen LogP contribution in [0.1, 0.15) is 37.3 Å². The number of hydrogen-bond donors (Lipinski definition) is 1. The molecule has 1 amide bonds. The van der Waals surface area contributed by atoms with Gasteiger partial charge in [-0.1, -0.05) is 42.9 Å². The van der Waals surface area contributed by atoms with Crippen molar-refractivity contribution in [2.24, 2.45) is 0 Å². The number of hydrogen-bond acceptors (Lipinski definition) is 6. The van der Waals surface area contributed by atoms with Gasteiger partial charge in [-0.3, -0.25) is 15.0 Å². The van der Waals surface area contributed by atoms with E-state index in [1.807, 2.05) is 24.3 Å². The number of nitrogens with one attached hydrogen (secondary N) is 1. The first-order valence-corrected chi connectivity index (χ1v) is 9.54. The Balaban J connectivity index is 1.59. The summed E-state index contributed by atoms with van der Waals surface area (Å²) in [6.07, 6.45) is 3.13. The summed E-state index contributed by atoms with van der Waals surface area (Å²) in [7, 11) is 0. The van der Waals surface area contributed by atoms with Gasteiger partial charge in [0.2, 0.25) is 11.0 Å². The number of para-hydroxylation sites is 1. The van der Waals surface area contributed by atoms with E-state index < -0.39 is 0 Å². The van der Waals surface area contributed by atoms with Crippen molar-refractivity contribution < 1.29 is 9.53 Å². The Morgan fingerprint density at radius 1 is 1.40 bits per heavy atom. The molecule has 0 fully saturated rings. The standard InChI is InChI=1S/C18H24N4O2S/c1-3-4-9-17-20-21-18(25-17)19-16(23)11-22-10-14-7-5-6-8-15(14)24-12-13(22)2/h5-8,13H,3-4,9-12H2,1-2H3,(H,19,21,23)/t13-/m1/s1. The number of anilines is 1. The van der Waals surface area contributed by atoms with Gasteiger partial charge in [-0.2, -0.15) is 0 Å². The monoisotopic (exact) mass is 360 g/mol. The van der Waals surface area contributed by atoms with E-state index in [1.54, 1.807) is 0 Å². The average molecular weight is 360 g/mol. The number of fused-ring (bicyclic) bond motifs is 1. The Hall–Kier alpha value is -1.99. The lowest BCUT2D eigenvalue weighted by molar-refractivity contribution is -0.118. The molecule has 1 aromatic heterocycles. The van der Waals surface area contributed by atoms with Crippen LogP contribution in [0.5, 0.6) is 5.75 Å². The molecule has 0 unspecified atom stereocenters. The first kappa shape index (κ1) is 17.8. The van der Waals surface area contributed by atoms with Crippen LogP contribution in [0.4, 0.5) is 5.13 Å². The average Bonchev–Trinajstić information content (AvgIpc) is 2.98. The summed E-state index contributed by atoms with van der Waals surface area (Å²) in [6, 6.07) is 8.15. The van der Waals surface area contributed by atoms with E-state index in [4.69, 9.17) is 4.74 Å². The number of unbranched alkanes of at least 4 members (excludes halogenated alkanes) is 1. The summed E-state index contributed by atoms with van der Waals surface area (Å²) < 4.78 is 5.84. The number of aromatic nitrogens is 2. The predicted molar refractivity (Wildman–Crippen MR) is 99.0 cm³/mol. The molecule has 1 aliphatic rings. The van der Waals surface area contributed by atoms with Crippen molar-refractivity contribution in [3.05, 3.63) is 34.8 Å². The van der Waals surface area contributed by atoms with Crippen LogP contribution in [-0.2, 0) is 17.8 Å². The van der Waals surface area contributed by atoms with Crippen molar-refractivity contribution >= 4 is 22.4 Å². The van der Waals surface area contributed by atoms with Gasteiger partial charge in [-0.15, -0.1) is 10.2 Å². The SMILES string of the molecule is CCCCc1nnc(NC(=O)CN2Cc3ccccc3OC[C@H]2C)s1. The predicted octanol–water partition coefficient (Wildman–Crippen LogP) is 3.10. The quantitative estimate of drug-likeness (QED) is 0.857. The highest BCUT2D eigenvalue weighted by molar-refractivity contribution is 7.15. The Bertz CT molecular complexity index is 719. The molecule has 2 aromatic rings. The first-order chi connectivity index (χ1) is 12.2. The van der Waals surface area contributed by atoms with Crippen LogP contribution in [-0.4, -0.2) is 40.2 Å². The molecule has 1 N–H and O–H groups in total. The van der Waals surface area contributed by atoms with Crippen LogP contribution in [0.15, 0.2) is 24.3 Å². The number of benzene rings is 1. The number of aryl methyl sites for hydroxylation is 1. The van der Waals surface area contributed by atoms with Crippen molar-refractivity contribution in [1.29, 1.82) is 0 Å². The van der Waals surface area contributed by atoms with Crippen molar-refractivity contribution in [3.8, 4) is 5.75 Å². The smallest absolute Gasteiger partial charge is 0.240 e. The molecule has 2 heterocycles. The molecule has 1 aromatic carbocycles. The minimum Gasteiger partial charge on any atom is -0.492 e. The van der Waals surface area contributed by atoms with Gasteiger partial charge in [0.25, 0.3) is 0 Å². The number of carbonyl (C=O) groups is 1. The molecular weight excluding hydrogens is 336 g/mol. The van der Waals surface area contributed by atoms with Gasteiger partial charge in [0, 0.05) is 24.6 Å². The van der Waals surface area contributed by atoms with Crippen molar-refractivity contribution in [3.63, 3.8) is 0 Å². The lowest BCUT2D eigenvalue weighted by atomic mass is 10.2. The molecule has 134 valence electrons. The second kappa shape index (κ2) is 8.40. The topological polar surface area (TPSA) is 67.4 Å². The molecule has 0 spiro atoms. The molecule has 3 rings (SSSR count). The highest BCUT2D eigenvalue weighted by Gasteiger charge is 2.23. The van der Waals surface area contributed by atoms with Crippen LogP contribution in [0, 0.1) is 0 Å². The van der Waals surface area contributed by atoms with Gasteiger partial charge < -0.3 is 4.74 Å². The minimum atomic E-state index is -0.0653. The largest absolute Gasteiger partial charge is 0.492 e.